The Kier molecular flexibility index (Phi) is 6.07. The average Bonchev–Trinajstić information content (AvgIpc) is 2.79. The molecule has 0 saturated carbocycles. The minimum absolute atomic E-state index is 0.0673. The Bertz CT molecular complexity index is 1110. The van der Waals surface area contributed by atoms with Crippen molar-refractivity contribution in [3.8, 4) is 22.3 Å². The lowest BCUT2D eigenvalue weighted by Gasteiger charge is -2.29. The van der Waals surface area contributed by atoms with Gasteiger partial charge in [-0.1, -0.05) is 32.9 Å². The molecule has 3 heterocycles. The van der Waals surface area contributed by atoms with Crippen molar-refractivity contribution in [3.63, 3.8) is 0 Å². The Morgan fingerprint density at radius 2 is 1.66 bits per heavy atom. The maximum Gasteiger partial charge on any atom is 0.253 e. The molecule has 2 aromatic heterocycles. The molecular formula is C26H28FN3O2. The first-order chi connectivity index (χ1) is 15.2. The summed E-state index contributed by atoms with van der Waals surface area (Å²) in [5.41, 5.74) is 3.49. The van der Waals surface area contributed by atoms with E-state index in [4.69, 9.17) is 0 Å². The molecule has 6 heteroatoms. The van der Waals surface area contributed by atoms with Crippen LogP contribution in [0.15, 0.2) is 55.0 Å². The van der Waals surface area contributed by atoms with E-state index >= 15 is 4.39 Å². The van der Waals surface area contributed by atoms with Crippen molar-refractivity contribution in [2.75, 3.05) is 13.1 Å². The van der Waals surface area contributed by atoms with Crippen molar-refractivity contribution in [1.29, 1.82) is 0 Å². The lowest BCUT2D eigenvalue weighted by molar-refractivity contribution is 0.0546. The Morgan fingerprint density at radius 1 is 1.03 bits per heavy atom. The van der Waals surface area contributed by atoms with Crippen molar-refractivity contribution in [2.45, 2.75) is 45.1 Å². The van der Waals surface area contributed by atoms with Gasteiger partial charge in [0.05, 0.1) is 6.10 Å². The summed E-state index contributed by atoms with van der Waals surface area (Å²) < 4.78 is 15.5. The van der Waals surface area contributed by atoms with Crippen LogP contribution in [0.5, 0.6) is 0 Å². The normalized spacial score (nSPS) is 15.1. The summed E-state index contributed by atoms with van der Waals surface area (Å²) in [5, 5.41) is 9.64. The molecule has 5 nitrogen and oxygen atoms in total. The third-order valence-corrected chi connectivity index (χ3v) is 5.91. The van der Waals surface area contributed by atoms with E-state index < -0.39 is 0 Å². The molecule has 1 saturated heterocycles. The van der Waals surface area contributed by atoms with Crippen LogP contribution in [0.3, 0.4) is 0 Å². The van der Waals surface area contributed by atoms with Gasteiger partial charge in [-0.2, -0.15) is 0 Å². The van der Waals surface area contributed by atoms with Gasteiger partial charge in [-0.25, -0.2) is 4.39 Å². The van der Waals surface area contributed by atoms with Crippen molar-refractivity contribution < 1.29 is 14.3 Å². The van der Waals surface area contributed by atoms with E-state index in [1.807, 2.05) is 6.07 Å². The molecule has 1 N–H and O–H groups in total. The zero-order chi connectivity index (χ0) is 22.9. The number of piperidine rings is 1. The molecule has 4 rings (SSSR count). The van der Waals surface area contributed by atoms with Crippen molar-refractivity contribution in [1.82, 2.24) is 14.9 Å². The van der Waals surface area contributed by atoms with Gasteiger partial charge in [-0.05, 0) is 48.2 Å². The van der Waals surface area contributed by atoms with Crippen LogP contribution in [0, 0.1) is 5.82 Å². The van der Waals surface area contributed by atoms with E-state index in [0.717, 1.165) is 11.3 Å². The monoisotopic (exact) mass is 433 g/mol. The molecule has 1 aliphatic heterocycles. The molecule has 1 aliphatic rings. The van der Waals surface area contributed by atoms with E-state index in [-0.39, 0.29) is 23.2 Å². The van der Waals surface area contributed by atoms with Gasteiger partial charge < -0.3 is 10.0 Å². The van der Waals surface area contributed by atoms with E-state index in [1.54, 1.807) is 41.4 Å². The third-order valence-electron chi connectivity index (χ3n) is 5.91. The average molecular weight is 434 g/mol. The predicted octanol–water partition coefficient (Wildman–Crippen LogP) is 4.84. The fourth-order valence-electron chi connectivity index (χ4n) is 3.90. The zero-order valence-electron chi connectivity index (χ0n) is 18.7. The number of rotatable bonds is 3. The number of aromatic nitrogens is 2. The Morgan fingerprint density at radius 3 is 2.28 bits per heavy atom. The summed E-state index contributed by atoms with van der Waals surface area (Å²) in [5.74, 6) is -0.419. The highest BCUT2D eigenvalue weighted by atomic mass is 19.1. The number of hydrogen-bond donors (Lipinski definition) is 1. The van der Waals surface area contributed by atoms with Gasteiger partial charge in [-0.3, -0.25) is 14.8 Å². The maximum atomic E-state index is 15.5. The quantitative estimate of drug-likeness (QED) is 0.642. The van der Waals surface area contributed by atoms with Crippen molar-refractivity contribution in [2.24, 2.45) is 0 Å². The standard InChI is InChI=1S/C26H28FN3O2/c1-26(2,3)23-14-19(8-11-29-23)22-16-28-15-21(24(22)27)17-4-6-18(7-5-17)25(32)30-12-9-20(31)10-13-30/h4-8,11,14-16,20,31H,9-10,12-13H2,1-3H3. The minimum atomic E-state index is -0.352. The second-order valence-corrected chi connectivity index (χ2v) is 9.33. The number of hydrogen-bond acceptors (Lipinski definition) is 4. The molecule has 32 heavy (non-hydrogen) atoms. The van der Waals surface area contributed by atoms with E-state index in [1.165, 1.54) is 12.4 Å². The minimum Gasteiger partial charge on any atom is -0.393 e. The van der Waals surface area contributed by atoms with Crippen LogP contribution in [-0.2, 0) is 5.41 Å². The van der Waals surface area contributed by atoms with Gasteiger partial charge in [0.25, 0.3) is 5.91 Å². The van der Waals surface area contributed by atoms with Gasteiger partial charge in [0.15, 0.2) is 0 Å². The molecule has 0 atom stereocenters. The summed E-state index contributed by atoms with van der Waals surface area (Å²) >= 11 is 0. The van der Waals surface area contributed by atoms with Crippen LogP contribution in [0.1, 0.15) is 49.7 Å². The fraction of sp³-hybridized carbons (Fsp3) is 0.346. The zero-order valence-corrected chi connectivity index (χ0v) is 18.7. The first kappa shape index (κ1) is 22.1. The molecule has 0 bridgehead atoms. The van der Waals surface area contributed by atoms with Gasteiger partial charge in [0, 0.05) is 59.5 Å². The molecule has 0 unspecified atom stereocenters. The highest BCUT2D eigenvalue weighted by Crippen LogP contribution is 2.32. The highest BCUT2D eigenvalue weighted by molar-refractivity contribution is 5.94. The van der Waals surface area contributed by atoms with Gasteiger partial charge in [0.2, 0.25) is 0 Å². The summed E-state index contributed by atoms with van der Waals surface area (Å²) in [6, 6.07) is 10.6. The number of aliphatic hydroxyl groups is 1. The summed E-state index contributed by atoms with van der Waals surface area (Å²) in [6.07, 6.45) is 5.60. The number of likely N-dealkylation sites (tertiary alicyclic amines) is 1. The highest BCUT2D eigenvalue weighted by Gasteiger charge is 2.23. The number of carbonyl (C=O) groups excluding carboxylic acids is 1. The van der Waals surface area contributed by atoms with Crippen molar-refractivity contribution in [3.05, 3.63) is 72.1 Å². The topological polar surface area (TPSA) is 66.3 Å². The Labute approximate surface area is 188 Å². The van der Waals surface area contributed by atoms with Crippen LogP contribution in [0.25, 0.3) is 22.3 Å². The summed E-state index contributed by atoms with van der Waals surface area (Å²) in [7, 11) is 0. The second kappa shape index (κ2) is 8.79. The van der Waals surface area contributed by atoms with Crippen LogP contribution in [-0.4, -0.2) is 45.1 Å². The number of amides is 1. The lowest BCUT2D eigenvalue weighted by atomic mass is 9.90. The van der Waals surface area contributed by atoms with Gasteiger partial charge in [0.1, 0.15) is 5.82 Å². The SMILES string of the molecule is CC(C)(C)c1cc(-c2cncc(-c3ccc(C(=O)N4CCC(O)CC4)cc3)c2F)ccn1. The first-order valence-electron chi connectivity index (χ1n) is 10.9. The number of pyridine rings is 2. The largest absolute Gasteiger partial charge is 0.393 e. The molecular weight excluding hydrogens is 405 g/mol. The number of halogens is 1. The van der Waals surface area contributed by atoms with Crippen LogP contribution >= 0.6 is 0 Å². The lowest BCUT2D eigenvalue weighted by Crippen LogP contribution is -2.40. The Hall–Kier alpha value is -3.12. The van der Waals surface area contributed by atoms with Crippen LogP contribution < -0.4 is 0 Å². The third kappa shape index (κ3) is 4.55. The van der Waals surface area contributed by atoms with Gasteiger partial charge >= 0.3 is 0 Å². The van der Waals surface area contributed by atoms with E-state index in [9.17, 15) is 9.90 Å². The van der Waals surface area contributed by atoms with E-state index in [2.05, 4.69) is 30.7 Å². The molecule has 0 aliphatic carbocycles. The fourth-order valence-corrected chi connectivity index (χ4v) is 3.90. The molecule has 1 aromatic carbocycles. The molecule has 166 valence electrons. The summed E-state index contributed by atoms with van der Waals surface area (Å²) in [6.45, 7) is 7.30. The number of carbonyl (C=O) groups is 1. The van der Waals surface area contributed by atoms with E-state index in [0.29, 0.717) is 48.2 Å². The number of benzene rings is 1. The predicted molar refractivity (Wildman–Crippen MR) is 123 cm³/mol. The smallest absolute Gasteiger partial charge is 0.253 e. The first-order valence-corrected chi connectivity index (χ1v) is 10.9. The van der Waals surface area contributed by atoms with Crippen molar-refractivity contribution >= 4 is 5.91 Å². The number of nitrogens with zero attached hydrogens (tertiary/aromatic N) is 3. The van der Waals surface area contributed by atoms with Crippen LogP contribution in [0.2, 0.25) is 0 Å². The summed E-state index contributed by atoms with van der Waals surface area (Å²) in [4.78, 5) is 23.2. The molecule has 0 radical (unpaired) electrons. The molecule has 1 amide bonds. The molecule has 0 spiro atoms. The maximum absolute atomic E-state index is 15.5. The van der Waals surface area contributed by atoms with Crippen LogP contribution in [0.4, 0.5) is 4.39 Å². The molecule has 1 fully saturated rings. The van der Waals surface area contributed by atoms with Gasteiger partial charge in [-0.15, -0.1) is 0 Å². The molecule has 3 aromatic rings. The second-order valence-electron chi connectivity index (χ2n) is 9.33. The Balaban J connectivity index is 1.61. The number of aliphatic hydroxyl groups excluding tert-OH is 1.